The number of hydrogen-bond acceptors (Lipinski definition) is 6. The van der Waals surface area contributed by atoms with Crippen molar-refractivity contribution < 1.29 is 26.4 Å². The number of alkyl halides is 3. The zero-order chi connectivity index (χ0) is 26.3. The fraction of sp³-hybridized carbons (Fsp3) is 0.348. The molecule has 0 atom stereocenters. The van der Waals surface area contributed by atoms with Crippen LogP contribution < -0.4 is 11.1 Å². The van der Waals surface area contributed by atoms with Crippen LogP contribution in [-0.4, -0.2) is 52.3 Å². The second-order valence-electron chi connectivity index (χ2n) is 8.62. The van der Waals surface area contributed by atoms with Crippen LogP contribution in [0.4, 0.5) is 19.0 Å². The molecule has 0 spiro atoms. The summed E-state index contributed by atoms with van der Waals surface area (Å²) in [5, 5.41) is 3.14. The SMILES string of the molecule is Cc1cc(C(F)(F)F)cnc1NC1CCN(S(=O)(=O)c2ccc(-c3cnc(C(N)=O)n3C)cc2)CC1. The van der Waals surface area contributed by atoms with E-state index >= 15 is 0 Å². The second-order valence-corrected chi connectivity index (χ2v) is 10.6. The standard InChI is InChI=1S/C23H25F3N6O3S/c1-14-11-16(23(24,25)26)12-28-21(14)30-17-7-9-32(10-8-17)36(34,35)18-5-3-15(4-6-18)19-13-29-22(20(27)33)31(19)2/h3-6,11-13,17H,7-10H2,1-2H3,(H2,27,33)(H,28,30). The molecule has 1 aliphatic rings. The lowest BCUT2D eigenvalue weighted by molar-refractivity contribution is -0.137. The van der Waals surface area contributed by atoms with E-state index in [9.17, 15) is 26.4 Å². The first-order valence-corrected chi connectivity index (χ1v) is 12.5. The number of carbonyl (C=O) groups is 1. The maximum absolute atomic E-state index is 13.2. The quantitative estimate of drug-likeness (QED) is 0.513. The Morgan fingerprint density at radius 2 is 1.75 bits per heavy atom. The molecule has 1 aromatic carbocycles. The number of nitrogens with one attached hydrogen (secondary N) is 1. The van der Waals surface area contributed by atoms with Gasteiger partial charge < -0.3 is 15.6 Å². The zero-order valence-electron chi connectivity index (χ0n) is 19.6. The van der Waals surface area contributed by atoms with Crippen LogP contribution in [0.3, 0.4) is 0 Å². The average Bonchev–Trinajstić information content (AvgIpc) is 3.21. The highest BCUT2D eigenvalue weighted by Gasteiger charge is 2.32. The third-order valence-electron chi connectivity index (χ3n) is 6.20. The Balaban J connectivity index is 1.41. The Kier molecular flexibility index (Phi) is 6.80. The predicted molar refractivity (Wildman–Crippen MR) is 127 cm³/mol. The molecule has 13 heteroatoms. The molecule has 0 radical (unpaired) electrons. The summed E-state index contributed by atoms with van der Waals surface area (Å²) in [5.74, 6) is -0.209. The highest BCUT2D eigenvalue weighted by Crippen LogP contribution is 2.31. The fourth-order valence-electron chi connectivity index (χ4n) is 4.17. The minimum absolute atomic E-state index is 0.0971. The summed E-state index contributed by atoms with van der Waals surface area (Å²) in [7, 11) is -2.09. The number of imidazole rings is 1. The largest absolute Gasteiger partial charge is 0.417 e. The zero-order valence-corrected chi connectivity index (χ0v) is 20.4. The molecule has 1 aliphatic heterocycles. The highest BCUT2D eigenvalue weighted by atomic mass is 32.2. The van der Waals surface area contributed by atoms with Gasteiger partial charge in [0.1, 0.15) is 5.82 Å². The molecule has 2 aromatic heterocycles. The molecule has 1 fully saturated rings. The van der Waals surface area contributed by atoms with Gasteiger partial charge in [-0.2, -0.15) is 17.5 Å². The number of pyridine rings is 1. The Morgan fingerprint density at radius 3 is 2.28 bits per heavy atom. The summed E-state index contributed by atoms with van der Waals surface area (Å²) < 4.78 is 67.8. The second kappa shape index (κ2) is 9.54. The number of aryl methyl sites for hydroxylation is 1. The first-order chi connectivity index (χ1) is 16.9. The van der Waals surface area contributed by atoms with Crippen molar-refractivity contribution in [3.05, 3.63) is 59.7 Å². The van der Waals surface area contributed by atoms with Gasteiger partial charge in [-0.1, -0.05) is 12.1 Å². The van der Waals surface area contributed by atoms with E-state index in [0.29, 0.717) is 35.5 Å². The van der Waals surface area contributed by atoms with Crippen molar-refractivity contribution in [2.24, 2.45) is 12.8 Å². The van der Waals surface area contributed by atoms with Crippen LogP contribution in [0.5, 0.6) is 0 Å². The van der Waals surface area contributed by atoms with Gasteiger partial charge in [-0.05, 0) is 49.1 Å². The van der Waals surface area contributed by atoms with E-state index in [1.807, 2.05) is 0 Å². The summed E-state index contributed by atoms with van der Waals surface area (Å²) >= 11 is 0. The van der Waals surface area contributed by atoms with E-state index in [1.54, 1.807) is 26.1 Å². The summed E-state index contributed by atoms with van der Waals surface area (Å²) in [6.07, 6.45) is -1.22. The number of amides is 1. The van der Waals surface area contributed by atoms with Crippen molar-refractivity contribution in [3.8, 4) is 11.3 Å². The van der Waals surface area contributed by atoms with Gasteiger partial charge in [0.05, 0.1) is 22.3 Å². The molecule has 0 aliphatic carbocycles. The maximum atomic E-state index is 13.2. The average molecular weight is 523 g/mol. The number of nitrogens with zero attached hydrogens (tertiary/aromatic N) is 4. The Hall–Kier alpha value is -3.45. The van der Waals surface area contributed by atoms with Gasteiger partial charge in [-0.3, -0.25) is 4.79 Å². The van der Waals surface area contributed by atoms with Crippen molar-refractivity contribution in [1.29, 1.82) is 0 Å². The number of anilines is 1. The molecule has 0 bridgehead atoms. The molecular formula is C23H25F3N6O3S. The monoisotopic (exact) mass is 522 g/mol. The number of hydrogen-bond donors (Lipinski definition) is 2. The van der Waals surface area contributed by atoms with Crippen molar-refractivity contribution in [3.63, 3.8) is 0 Å². The first kappa shape index (κ1) is 25.6. The van der Waals surface area contributed by atoms with E-state index in [-0.39, 0.29) is 29.9 Å². The minimum atomic E-state index is -4.46. The molecule has 9 nitrogen and oxygen atoms in total. The maximum Gasteiger partial charge on any atom is 0.417 e. The van der Waals surface area contributed by atoms with Gasteiger partial charge in [-0.25, -0.2) is 18.4 Å². The highest BCUT2D eigenvalue weighted by molar-refractivity contribution is 7.89. The van der Waals surface area contributed by atoms with Crippen LogP contribution in [-0.2, 0) is 23.2 Å². The number of sulfonamides is 1. The van der Waals surface area contributed by atoms with Crippen molar-refractivity contribution >= 4 is 21.7 Å². The van der Waals surface area contributed by atoms with Crippen LogP contribution in [0.15, 0.2) is 47.6 Å². The van der Waals surface area contributed by atoms with Gasteiger partial charge in [-0.15, -0.1) is 0 Å². The molecule has 1 saturated heterocycles. The molecule has 0 saturated carbocycles. The molecule has 4 rings (SSSR count). The molecule has 3 aromatic rings. The summed E-state index contributed by atoms with van der Waals surface area (Å²) in [4.78, 5) is 19.5. The fourth-order valence-corrected chi connectivity index (χ4v) is 5.64. The van der Waals surface area contributed by atoms with Gasteiger partial charge in [0, 0.05) is 32.4 Å². The topological polar surface area (TPSA) is 123 Å². The number of nitrogens with two attached hydrogens (primary N) is 1. The van der Waals surface area contributed by atoms with E-state index in [2.05, 4.69) is 15.3 Å². The van der Waals surface area contributed by atoms with Crippen molar-refractivity contribution in [1.82, 2.24) is 18.8 Å². The normalized spacial score (nSPS) is 15.7. The summed E-state index contributed by atoms with van der Waals surface area (Å²) in [6.45, 7) is 2.06. The number of halogens is 3. The Morgan fingerprint density at radius 1 is 1.11 bits per heavy atom. The van der Waals surface area contributed by atoms with Crippen LogP contribution >= 0.6 is 0 Å². The minimum Gasteiger partial charge on any atom is -0.367 e. The molecular weight excluding hydrogens is 497 g/mol. The Bertz CT molecular complexity index is 1380. The number of rotatable bonds is 6. The number of carbonyl (C=O) groups excluding carboxylic acids is 1. The smallest absolute Gasteiger partial charge is 0.367 e. The van der Waals surface area contributed by atoms with Gasteiger partial charge >= 0.3 is 6.18 Å². The molecule has 3 heterocycles. The summed E-state index contributed by atoms with van der Waals surface area (Å²) in [6, 6.07) is 7.21. The lowest BCUT2D eigenvalue weighted by atomic mass is 10.1. The van der Waals surface area contributed by atoms with Crippen molar-refractivity contribution in [2.75, 3.05) is 18.4 Å². The first-order valence-electron chi connectivity index (χ1n) is 11.1. The van der Waals surface area contributed by atoms with Crippen LogP contribution in [0, 0.1) is 6.92 Å². The number of aromatic nitrogens is 3. The number of benzene rings is 1. The molecule has 1 amide bonds. The third-order valence-corrected chi connectivity index (χ3v) is 8.11. The molecule has 36 heavy (non-hydrogen) atoms. The number of piperidine rings is 1. The predicted octanol–water partition coefficient (Wildman–Crippen LogP) is 3.17. The lowest BCUT2D eigenvalue weighted by Gasteiger charge is -2.32. The van der Waals surface area contributed by atoms with E-state index in [4.69, 9.17) is 5.73 Å². The van der Waals surface area contributed by atoms with Crippen molar-refractivity contribution in [2.45, 2.75) is 36.9 Å². The van der Waals surface area contributed by atoms with Gasteiger partial charge in [0.25, 0.3) is 5.91 Å². The summed E-state index contributed by atoms with van der Waals surface area (Å²) in [5.41, 5.74) is 6.15. The van der Waals surface area contributed by atoms with Crippen LogP contribution in [0.1, 0.15) is 34.6 Å². The molecule has 3 N–H and O–H groups in total. The van der Waals surface area contributed by atoms with Gasteiger partial charge in [0.15, 0.2) is 5.82 Å². The van der Waals surface area contributed by atoms with E-state index < -0.39 is 27.7 Å². The van der Waals surface area contributed by atoms with Crippen LogP contribution in [0.25, 0.3) is 11.3 Å². The lowest BCUT2D eigenvalue weighted by Crippen LogP contribution is -2.42. The third kappa shape index (κ3) is 5.07. The number of primary amides is 1. The molecule has 0 unspecified atom stereocenters. The van der Waals surface area contributed by atoms with Crippen LogP contribution in [0.2, 0.25) is 0 Å². The Labute approximate surface area is 206 Å². The van der Waals surface area contributed by atoms with E-state index in [0.717, 1.165) is 12.3 Å². The van der Waals surface area contributed by atoms with E-state index in [1.165, 1.54) is 27.2 Å². The molecule has 192 valence electrons. The van der Waals surface area contributed by atoms with Gasteiger partial charge in [0.2, 0.25) is 10.0 Å².